The number of carboxylic acids is 1. The molecule has 0 saturated carbocycles. The predicted octanol–water partition coefficient (Wildman–Crippen LogP) is 4.57. The smallest absolute Gasteiger partial charge is 0.337 e. The molecule has 2 aliphatic heterocycles. The van der Waals surface area contributed by atoms with Gasteiger partial charge in [0.1, 0.15) is 5.75 Å². The molecular weight excluding hydrogens is 635 g/mol. The summed E-state index contributed by atoms with van der Waals surface area (Å²) in [6.45, 7) is 2.68. The van der Waals surface area contributed by atoms with E-state index >= 15 is 0 Å². The normalized spacial score (nSPS) is 15.9. The second kappa shape index (κ2) is 15.0. The molecule has 2 aliphatic rings. The minimum Gasteiger partial charge on any atom is -0.478 e. The maximum atomic E-state index is 13.7. The number of methoxy groups -OCH3 is 1. The Labute approximate surface area is 276 Å². The van der Waals surface area contributed by atoms with Crippen LogP contribution in [0.3, 0.4) is 0 Å². The van der Waals surface area contributed by atoms with Crippen LogP contribution in [0.25, 0.3) is 16.7 Å². The fraction of sp³-hybridized carbons (Fsp3) is 0.303. The molecule has 0 aromatic heterocycles. The van der Waals surface area contributed by atoms with Gasteiger partial charge in [0.25, 0.3) is 5.91 Å². The topological polar surface area (TPSA) is 147 Å². The van der Waals surface area contributed by atoms with E-state index in [4.69, 9.17) is 43.1 Å². The molecule has 1 atom stereocenters. The van der Waals surface area contributed by atoms with E-state index < -0.39 is 18.0 Å². The number of amides is 1. The molecule has 11 nitrogen and oxygen atoms in total. The number of nitrogens with two attached hydrogens (primary N) is 1. The van der Waals surface area contributed by atoms with E-state index in [-0.39, 0.29) is 47.6 Å². The molecule has 1 saturated heterocycles. The number of carbonyl (C=O) groups excluding carboxylic acids is 1. The van der Waals surface area contributed by atoms with Crippen LogP contribution in [0.1, 0.15) is 31.8 Å². The van der Waals surface area contributed by atoms with Crippen LogP contribution in [0.15, 0.2) is 59.7 Å². The van der Waals surface area contributed by atoms with Crippen molar-refractivity contribution in [3.05, 3.63) is 87.0 Å². The molecule has 3 aromatic rings. The second-order valence-corrected chi connectivity index (χ2v) is 11.6. The average Bonchev–Trinajstić information content (AvgIpc) is 3.06. The van der Waals surface area contributed by atoms with E-state index in [1.807, 2.05) is 29.2 Å². The molecule has 0 bridgehead atoms. The Bertz CT molecular complexity index is 1650. The predicted molar refractivity (Wildman–Crippen MR) is 177 cm³/mol. The lowest BCUT2D eigenvalue weighted by atomic mass is 9.97. The average molecular weight is 670 g/mol. The zero-order valence-corrected chi connectivity index (χ0v) is 26.6. The van der Waals surface area contributed by atoms with E-state index in [0.717, 1.165) is 16.7 Å². The third kappa shape index (κ3) is 7.30. The number of aliphatic hydroxyl groups is 1. The highest BCUT2D eigenvalue weighted by Gasteiger charge is 2.29. The van der Waals surface area contributed by atoms with Crippen molar-refractivity contribution in [1.82, 2.24) is 4.90 Å². The van der Waals surface area contributed by atoms with Crippen molar-refractivity contribution in [2.45, 2.75) is 12.6 Å². The minimum absolute atomic E-state index is 0.0504. The number of anilines is 1. The number of ether oxygens (including phenoxy) is 3. The number of benzene rings is 3. The molecule has 0 radical (unpaired) electrons. The third-order valence-electron chi connectivity index (χ3n) is 7.68. The van der Waals surface area contributed by atoms with Gasteiger partial charge in [-0.2, -0.15) is 0 Å². The fourth-order valence-corrected chi connectivity index (χ4v) is 6.06. The number of halogens is 2. The Morgan fingerprint density at radius 1 is 1.13 bits per heavy atom. The summed E-state index contributed by atoms with van der Waals surface area (Å²) in [5, 5.41) is 19.9. The molecule has 3 aromatic carbocycles. The van der Waals surface area contributed by atoms with Gasteiger partial charge in [-0.3, -0.25) is 9.79 Å². The van der Waals surface area contributed by atoms with Gasteiger partial charge in [0.15, 0.2) is 6.73 Å². The van der Waals surface area contributed by atoms with Crippen LogP contribution in [0.2, 0.25) is 10.0 Å². The zero-order valence-electron chi connectivity index (χ0n) is 25.1. The number of para-hydroxylation sites is 1. The van der Waals surface area contributed by atoms with Crippen molar-refractivity contribution in [2.75, 3.05) is 58.2 Å². The number of allylic oxidation sites excluding steroid dienone is 1. The quantitative estimate of drug-likeness (QED) is 0.264. The summed E-state index contributed by atoms with van der Waals surface area (Å²) in [7, 11) is 1.49. The molecule has 4 N–H and O–H groups in total. The maximum Gasteiger partial charge on any atom is 0.337 e. The van der Waals surface area contributed by atoms with Crippen LogP contribution < -0.4 is 15.4 Å². The largest absolute Gasteiger partial charge is 0.478 e. The lowest BCUT2D eigenvalue weighted by molar-refractivity contribution is 0.0516. The van der Waals surface area contributed by atoms with Crippen molar-refractivity contribution in [1.29, 1.82) is 0 Å². The van der Waals surface area contributed by atoms with Gasteiger partial charge >= 0.3 is 5.97 Å². The first-order chi connectivity index (χ1) is 22.2. The first kappa shape index (κ1) is 33.2. The number of fused-ring (bicyclic) bond motifs is 1. The number of morpholine rings is 1. The molecule has 0 spiro atoms. The number of aliphatic imine (C=N–C) groups is 1. The van der Waals surface area contributed by atoms with E-state index in [0.29, 0.717) is 48.9 Å². The highest BCUT2D eigenvalue weighted by Crippen LogP contribution is 2.39. The van der Waals surface area contributed by atoms with Gasteiger partial charge in [-0.25, -0.2) is 4.79 Å². The van der Waals surface area contributed by atoms with Crippen molar-refractivity contribution in [3.63, 3.8) is 0 Å². The number of hydrogen-bond acceptors (Lipinski definition) is 9. The van der Waals surface area contributed by atoms with Gasteiger partial charge in [0.05, 0.1) is 65.9 Å². The van der Waals surface area contributed by atoms with Gasteiger partial charge in [-0.15, -0.1) is 0 Å². The zero-order chi connectivity index (χ0) is 32.8. The molecule has 2 heterocycles. The Hall–Kier alpha value is -4.13. The Morgan fingerprint density at radius 2 is 1.87 bits per heavy atom. The number of carboxylic acid groups (broad SMARTS) is 1. The fourth-order valence-electron chi connectivity index (χ4n) is 5.41. The van der Waals surface area contributed by atoms with Crippen LogP contribution >= 0.6 is 23.2 Å². The van der Waals surface area contributed by atoms with Crippen LogP contribution in [-0.4, -0.2) is 92.6 Å². The van der Waals surface area contributed by atoms with Gasteiger partial charge in [-0.05, 0) is 35.4 Å². The first-order valence-electron chi connectivity index (χ1n) is 14.5. The summed E-state index contributed by atoms with van der Waals surface area (Å²) < 4.78 is 16.5. The Morgan fingerprint density at radius 3 is 2.54 bits per heavy atom. The summed E-state index contributed by atoms with van der Waals surface area (Å²) in [5.41, 5.74) is 10.2. The van der Waals surface area contributed by atoms with E-state index in [2.05, 4.69) is 4.99 Å². The van der Waals surface area contributed by atoms with E-state index in [9.17, 15) is 19.8 Å². The number of nitrogens with zero attached hydrogens (tertiary/aromatic N) is 3. The monoisotopic (exact) mass is 668 g/mol. The second-order valence-electron chi connectivity index (χ2n) is 10.7. The summed E-state index contributed by atoms with van der Waals surface area (Å²) in [4.78, 5) is 33.4. The van der Waals surface area contributed by atoms with Crippen molar-refractivity contribution >= 4 is 52.6 Å². The number of aromatic carboxylic acids is 1. The van der Waals surface area contributed by atoms with Crippen LogP contribution in [0.5, 0.6) is 5.75 Å². The molecule has 1 unspecified atom stereocenters. The van der Waals surface area contributed by atoms with Crippen molar-refractivity contribution < 1.29 is 34.0 Å². The van der Waals surface area contributed by atoms with Gasteiger partial charge in [0.2, 0.25) is 0 Å². The highest BCUT2D eigenvalue weighted by atomic mass is 35.5. The summed E-state index contributed by atoms with van der Waals surface area (Å²) in [6.07, 6.45) is 2.07. The van der Waals surface area contributed by atoms with Gasteiger partial charge < -0.3 is 40.0 Å². The SMILES string of the molecule is COCC(O)CN=CC(=CN)c1cc(Cl)c(C(=O)N2COc3c(cccc3-c3ccc(C(=O)O)c(N4CCOCC4)c3)C2)c(Cl)c1. The summed E-state index contributed by atoms with van der Waals surface area (Å²) in [5.74, 6) is -0.796. The van der Waals surface area contributed by atoms with Gasteiger partial charge in [-0.1, -0.05) is 47.5 Å². The maximum absolute atomic E-state index is 13.7. The molecule has 13 heteroatoms. The third-order valence-corrected chi connectivity index (χ3v) is 8.27. The Balaban J connectivity index is 1.37. The first-order valence-corrected chi connectivity index (χ1v) is 15.3. The molecular formula is C33H34Cl2N4O7. The number of hydrogen-bond donors (Lipinski definition) is 3. The summed E-state index contributed by atoms with van der Waals surface area (Å²) in [6, 6.07) is 14.1. The van der Waals surface area contributed by atoms with Crippen molar-refractivity contribution in [3.8, 4) is 16.9 Å². The molecule has 242 valence electrons. The number of carbonyl (C=O) groups is 2. The number of aliphatic hydroxyl groups excluding tert-OH is 1. The standard InChI is InChI=1S/C33H34Cl2N4O7/c1-44-18-24(40)16-37-15-23(14-36)22-11-27(34)30(28(35)12-22)32(41)39-17-21-3-2-4-25(31(21)46-19-39)20-5-6-26(33(42)43)29(13-20)38-7-9-45-10-8-38/h2-6,11-15,24,40H,7-10,16-19,36H2,1H3,(H,42,43). The minimum atomic E-state index is -1.000. The van der Waals surface area contributed by atoms with Crippen LogP contribution in [0, 0.1) is 0 Å². The van der Waals surface area contributed by atoms with E-state index in [1.165, 1.54) is 24.4 Å². The molecule has 46 heavy (non-hydrogen) atoms. The lowest BCUT2D eigenvalue weighted by Crippen LogP contribution is -2.37. The molecule has 0 aliphatic carbocycles. The Kier molecular flexibility index (Phi) is 10.8. The van der Waals surface area contributed by atoms with Crippen LogP contribution in [0.4, 0.5) is 5.69 Å². The molecule has 5 rings (SSSR count). The molecule has 1 amide bonds. The highest BCUT2D eigenvalue weighted by molar-refractivity contribution is 6.40. The lowest BCUT2D eigenvalue weighted by Gasteiger charge is -2.32. The van der Waals surface area contributed by atoms with Crippen LogP contribution in [-0.2, 0) is 16.0 Å². The number of rotatable bonds is 10. The van der Waals surface area contributed by atoms with Crippen molar-refractivity contribution in [2.24, 2.45) is 10.7 Å². The van der Waals surface area contributed by atoms with Gasteiger partial charge in [0, 0.05) is 49.3 Å². The molecule has 1 fully saturated rings. The summed E-state index contributed by atoms with van der Waals surface area (Å²) >= 11 is 13.2. The van der Waals surface area contributed by atoms with E-state index in [1.54, 1.807) is 24.3 Å².